The van der Waals surface area contributed by atoms with Crippen LogP contribution in [-0.4, -0.2) is 6.21 Å². The molecule has 0 amide bonds. The van der Waals surface area contributed by atoms with E-state index in [1.54, 1.807) is 36.5 Å². The second kappa shape index (κ2) is 5.30. The van der Waals surface area contributed by atoms with E-state index in [-0.39, 0.29) is 5.82 Å². The van der Waals surface area contributed by atoms with Crippen LogP contribution in [0, 0.1) is 5.82 Å². The molecule has 1 nitrogen and oxygen atoms in total. The molecule has 0 aliphatic carbocycles. The van der Waals surface area contributed by atoms with E-state index in [1.807, 2.05) is 0 Å². The molecule has 0 bridgehead atoms. The van der Waals surface area contributed by atoms with Gasteiger partial charge in [0.2, 0.25) is 0 Å². The predicted octanol–water partition coefficient (Wildman–Crippen LogP) is 4.88. The average Bonchev–Trinajstić information content (AvgIpc) is 2.32. The van der Waals surface area contributed by atoms with Gasteiger partial charge in [-0.15, -0.1) is 0 Å². The molecule has 2 aromatic rings. The first-order valence-electron chi connectivity index (χ1n) is 4.90. The zero-order valence-electron chi connectivity index (χ0n) is 8.70. The normalized spacial score (nSPS) is 11.0. The Bertz CT molecular complexity index is 550. The lowest BCUT2D eigenvalue weighted by molar-refractivity contribution is 0.628. The summed E-state index contributed by atoms with van der Waals surface area (Å²) in [6.45, 7) is 0. The van der Waals surface area contributed by atoms with Crippen LogP contribution in [0.2, 0.25) is 10.0 Å². The van der Waals surface area contributed by atoms with E-state index in [0.717, 1.165) is 5.56 Å². The Morgan fingerprint density at radius 3 is 2.41 bits per heavy atom. The average molecular weight is 268 g/mol. The molecule has 0 unspecified atom stereocenters. The Kier molecular flexibility index (Phi) is 3.77. The van der Waals surface area contributed by atoms with E-state index in [9.17, 15) is 4.39 Å². The molecule has 4 heteroatoms. The van der Waals surface area contributed by atoms with E-state index < -0.39 is 0 Å². The summed E-state index contributed by atoms with van der Waals surface area (Å²) in [5.74, 6) is -0.275. The molecule has 0 atom stereocenters. The minimum Gasteiger partial charge on any atom is -0.255 e. The van der Waals surface area contributed by atoms with Gasteiger partial charge < -0.3 is 0 Å². The molecule has 0 radical (unpaired) electrons. The molecular weight excluding hydrogens is 260 g/mol. The highest BCUT2D eigenvalue weighted by Gasteiger charge is 1.98. The smallest absolute Gasteiger partial charge is 0.123 e. The summed E-state index contributed by atoms with van der Waals surface area (Å²) in [6, 6.07) is 11.1. The van der Waals surface area contributed by atoms with Crippen molar-refractivity contribution in [2.24, 2.45) is 4.99 Å². The molecule has 0 saturated heterocycles. The van der Waals surface area contributed by atoms with Crippen LogP contribution in [0.1, 0.15) is 5.56 Å². The van der Waals surface area contributed by atoms with Crippen LogP contribution in [0.4, 0.5) is 10.1 Å². The molecule has 0 N–H and O–H groups in total. The number of rotatable bonds is 2. The second-order valence-corrected chi connectivity index (χ2v) is 4.25. The monoisotopic (exact) mass is 267 g/mol. The van der Waals surface area contributed by atoms with E-state index >= 15 is 0 Å². The summed E-state index contributed by atoms with van der Waals surface area (Å²) in [4.78, 5) is 4.20. The summed E-state index contributed by atoms with van der Waals surface area (Å²) >= 11 is 11.8. The van der Waals surface area contributed by atoms with Crippen LogP contribution in [0.3, 0.4) is 0 Å². The molecule has 0 aliphatic heterocycles. The molecule has 0 heterocycles. The van der Waals surface area contributed by atoms with Crippen molar-refractivity contribution in [2.75, 3.05) is 0 Å². The van der Waals surface area contributed by atoms with E-state index in [4.69, 9.17) is 23.2 Å². The summed E-state index contributed by atoms with van der Waals surface area (Å²) in [7, 11) is 0. The molecular formula is C13H8Cl2FN. The van der Waals surface area contributed by atoms with Gasteiger partial charge in [-0.2, -0.15) is 0 Å². The molecule has 0 spiro atoms. The van der Waals surface area contributed by atoms with Crippen molar-refractivity contribution < 1.29 is 4.39 Å². The van der Waals surface area contributed by atoms with Crippen molar-refractivity contribution in [3.63, 3.8) is 0 Å². The number of benzene rings is 2. The van der Waals surface area contributed by atoms with Gasteiger partial charge in [0.15, 0.2) is 0 Å². The summed E-state index contributed by atoms with van der Waals surface area (Å²) in [5.41, 5.74) is 1.38. The van der Waals surface area contributed by atoms with Crippen molar-refractivity contribution in [2.45, 2.75) is 0 Å². The van der Waals surface area contributed by atoms with Gasteiger partial charge in [0, 0.05) is 11.2 Å². The lowest BCUT2D eigenvalue weighted by Gasteiger charge is -1.98. The van der Waals surface area contributed by atoms with E-state index in [0.29, 0.717) is 15.7 Å². The first-order valence-corrected chi connectivity index (χ1v) is 5.65. The molecule has 17 heavy (non-hydrogen) atoms. The summed E-state index contributed by atoms with van der Waals surface area (Å²) in [5, 5.41) is 1.09. The zero-order valence-corrected chi connectivity index (χ0v) is 10.2. The minimum atomic E-state index is -0.275. The van der Waals surface area contributed by atoms with Crippen LogP contribution >= 0.6 is 23.2 Å². The number of aliphatic imine (C=N–C) groups is 1. The Balaban J connectivity index is 2.25. The quantitative estimate of drug-likeness (QED) is 0.688. The fraction of sp³-hybridized carbons (Fsp3) is 0. The van der Waals surface area contributed by atoms with Crippen LogP contribution in [0.25, 0.3) is 0 Å². The van der Waals surface area contributed by atoms with Crippen molar-refractivity contribution in [3.8, 4) is 0 Å². The lowest BCUT2D eigenvalue weighted by atomic mass is 10.2. The van der Waals surface area contributed by atoms with Crippen molar-refractivity contribution in [3.05, 3.63) is 63.9 Å². The summed E-state index contributed by atoms with van der Waals surface area (Å²) in [6.07, 6.45) is 1.61. The Morgan fingerprint density at radius 1 is 1.00 bits per heavy atom. The van der Waals surface area contributed by atoms with E-state index in [2.05, 4.69) is 4.99 Å². The highest BCUT2D eigenvalue weighted by molar-refractivity contribution is 6.35. The van der Waals surface area contributed by atoms with Gasteiger partial charge in [-0.3, -0.25) is 4.99 Å². The summed E-state index contributed by atoms with van der Waals surface area (Å²) < 4.78 is 12.7. The van der Waals surface area contributed by atoms with Gasteiger partial charge in [0.25, 0.3) is 0 Å². The standard InChI is InChI=1S/C13H8Cl2FN/c14-10-3-6-12(15)13(7-10)17-8-9-1-4-11(16)5-2-9/h1-8H. The van der Waals surface area contributed by atoms with Crippen molar-refractivity contribution >= 4 is 35.1 Å². The first-order chi connectivity index (χ1) is 8.15. The Labute approximate surface area is 109 Å². The maximum atomic E-state index is 12.7. The molecule has 86 valence electrons. The Hall–Kier alpha value is -1.38. The Morgan fingerprint density at radius 2 is 1.71 bits per heavy atom. The van der Waals surface area contributed by atoms with Crippen LogP contribution in [0.15, 0.2) is 47.5 Å². The van der Waals surface area contributed by atoms with Gasteiger partial charge in [-0.1, -0.05) is 35.3 Å². The largest absolute Gasteiger partial charge is 0.255 e. The highest BCUT2D eigenvalue weighted by atomic mass is 35.5. The van der Waals surface area contributed by atoms with Crippen molar-refractivity contribution in [1.82, 2.24) is 0 Å². The lowest BCUT2D eigenvalue weighted by Crippen LogP contribution is -1.81. The molecule has 0 fully saturated rings. The topological polar surface area (TPSA) is 12.4 Å². The number of hydrogen-bond acceptors (Lipinski definition) is 1. The fourth-order valence-electron chi connectivity index (χ4n) is 1.28. The predicted molar refractivity (Wildman–Crippen MR) is 70.1 cm³/mol. The van der Waals surface area contributed by atoms with Crippen LogP contribution < -0.4 is 0 Å². The zero-order chi connectivity index (χ0) is 12.3. The number of halogens is 3. The van der Waals surface area contributed by atoms with Gasteiger partial charge in [0.05, 0.1) is 10.7 Å². The first kappa shape index (κ1) is 12.1. The van der Waals surface area contributed by atoms with Crippen LogP contribution in [0.5, 0.6) is 0 Å². The molecule has 2 aromatic carbocycles. The van der Waals surface area contributed by atoms with E-state index in [1.165, 1.54) is 12.1 Å². The highest BCUT2D eigenvalue weighted by Crippen LogP contribution is 2.27. The van der Waals surface area contributed by atoms with Gasteiger partial charge in [-0.05, 0) is 35.9 Å². The number of nitrogens with zero attached hydrogens (tertiary/aromatic N) is 1. The molecule has 2 rings (SSSR count). The van der Waals surface area contributed by atoms with Gasteiger partial charge in [-0.25, -0.2) is 4.39 Å². The van der Waals surface area contributed by atoms with Gasteiger partial charge in [0.1, 0.15) is 5.82 Å². The minimum absolute atomic E-state index is 0.275. The third kappa shape index (κ3) is 3.29. The second-order valence-electron chi connectivity index (χ2n) is 3.41. The molecule has 0 aromatic heterocycles. The third-order valence-electron chi connectivity index (χ3n) is 2.13. The maximum Gasteiger partial charge on any atom is 0.123 e. The molecule has 0 saturated carbocycles. The fourth-order valence-corrected chi connectivity index (χ4v) is 1.61. The van der Waals surface area contributed by atoms with Crippen LogP contribution in [-0.2, 0) is 0 Å². The van der Waals surface area contributed by atoms with Crippen molar-refractivity contribution in [1.29, 1.82) is 0 Å². The number of hydrogen-bond donors (Lipinski definition) is 0. The molecule has 0 aliphatic rings. The maximum absolute atomic E-state index is 12.7. The third-order valence-corrected chi connectivity index (χ3v) is 2.69. The van der Waals surface area contributed by atoms with Gasteiger partial charge >= 0.3 is 0 Å². The SMILES string of the molecule is Fc1ccc(C=Nc2cc(Cl)ccc2Cl)cc1.